The number of para-hydroxylation sites is 2. The molecule has 2 rings (SSSR count). The van der Waals surface area contributed by atoms with Gasteiger partial charge >= 0.3 is 0 Å². The summed E-state index contributed by atoms with van der Waals surface area (Å²) in [5.74, 6) is 0. The summed E-state index contributed by atoms with van der Waals surface area (Å²) in [6.07, 6.45) is 0. The lowest BCUT2D eigenvalue weighted by molar-refractivity contribution is -0.494. The van der Waals surface area contributed by atoms with Crippen LogP contribution in [0, 0.1) is 10.1 Å². The summed E-state index contributed by atoms with van der Waals surface area (Å²) in [6, 6.07) is 18.2. The quantitative estimate of drug-likeness (QED) is 0.468. The SMILES string of the molecule is O=[N+]([O-])N=NN(c1ccccc1)c1ccccc1. The van der Waals surface area contributed by atoms with Gasteiger partial charge in [0.1, 0.15) is 0 Å². The second-order valence-electron chi connectivity index (χ2n) is 3.40. The van der Waals surface area contributed by atoms with Gasteiger partial charge in [0.15, 0.2) is 5.22 Å². The molecule has 0 fully saturated rings. The molecular weight excluding hydrogens is 232 g/mol. The maximum Gasteiger partial charge on any atom is 0.208 e. The van der Waals surface area contributed by atoms with Gasteiger partial charge in [-0.25, -0.2) is 0 Å². The number of nitrogens with zero attached hydrogens (tertiary/aromatic N) is 4. The second kappa shape index (κ2) is 5.53. The molecule has 6 heteroatoms. The third-order valence-electron chi connectivity index (χ3n) is 2.20. The molecule has 0 radical (unpaired) electrons. The van der Waals surface area contributed by atoms with E-state index in [1.54, 1.807) is 24.3 Å². The highest BCUT2D eigenvalue weighted by molar-refractivity contribution is 5.61. The van der Waals surface area contributed by atoms with Gasteiger partial charge in [0, 0.05) is 0 Å². The average molecular weight is 242 g/mol. The fourth-order valence-electron chi connectivity index (χ4n) is 1.46. The van der Waals surface area contributed by atoms with Crippen LogP contribution in [-0.2, 0) is 0 Å². The number of anilines is 2. The van der Waals surface area contributed by atoms with Crippen LogP contribution in [0.15, 0.2) is 71.1 Å². The topological polar surface area (TPSA) is 71.1 Å². The molecule has 0 N–H and O–H groups in total. The van der Waals surface area contributed by atoms with Crippen molar-refractivity contribution in [2.75, 3.05) is 5.01 Å². The Balaban J connectivity index is 2.38. The maximum absolute atomic E-state index is 10.3. The molecule has 18 heavy (non-hydrogen) atoms. The van der Waals surface area contributed by atoms with Crippen molar-refractivity contribution in [1.29, 1.82) is 0 Å². The molecule has 0 aliphatic heterocycles. The summed E-state index contributed by atoms with van der Waals surface area (Å²) in [4.78, 5) is 10.3. The molecule has 0 unspecified atom stereocenters. The highest BCUT2D eigenvalue weighted by Gasteiger charge is 2.13. The molecule has 0 spiro atoms. The monoisotopic (exact) mass is 242 g/mol. The Morgan fingerprint density at radius 1 is 0.889 bits per heavy atom. The van der Waals surface area contributed by atoms with Crippen LogP contribution < -0.4 is 5.01 Å². The Morgan fingerprint density at radius 3 is 1.72 bits per heavy atom. The van der Waals surface area contributed by atoms with Gasteiger partial charge in [0.2, 0.25) is 5.22 Å². The van der Waals surface area contributed by atoms with Gasteiger partial charge in [-0.05, 0) is 24.3 Å². The highest BCUT2D eigenvalue weighted by Crippen LogP contribution is 2.25. The summed E-state index contributed by atoms with van der Waals surface area (Å²) < 4.78 is 0. The number of hydrogen-bond donors (Lipinski definition) is 0. The number of rotatable bonds is 4. The predicted octanol–water partition coefficient (Wildman–Crippen LogP) is 3.38. The molecule has 2 aromatic carbocycles. The van der Waals surface area contributed by atoms with E-state index in [4.69, 9.17) is 0 Å². The molecule has 0 atom stereocenters. The van der Waals surface area contributed by atoms with E-state index < -0.39 is 5.03 Å². The Bertz CT molecular complexity index is 503. The second-order valence-corrected chi connectivity index (χ2v) is 3.40. The number of hydrogen-bond acceptors (Lipinski definition) is 3. The first kappa shape index (κ1) is 11.7. The first-order valence-corrected chi connectivity index (χ1v) is 5.23. The van der Waals surface area contributed by atoms with Crippen molar-refractivity contribution < 1.29 is 5.03 Å². The Labute approximate surface area is 103 Å². The summed E-state index contributed by atoms with van der Waals surface area (Å²) in [6.45, 7) is 0. The molecule has 0 aliphatic carbocycles. The molecule has 0 aliphatic rings. The molecule has 0 aromatic heterocycles. The lowest BCUT2D eigenvalue weighted by Gasteiger charge is -2.10. The van der Waals surface area contributed by atoms with Gasteiger partial charge in [0.25, 0.3) is 0 Å². The molecule has 0 heterocycles. The first-order chi connectivity index (χ1) is 8.77. The van der Waals surface area contributed by atoms with E-state index in [1.807, 2.05) is 36.4 Å². The van der Waals surface area contributed by atoms with E-state index in [-0.39, 0.29) is 0 Å². The fourth-order valence-corrected chi connectivity index (χ4v) is 1.46. The van der Waals surface area contributed by atoms with Crippen LogP contribution in [0.2, 0.25) is 0 Å². The lowest BCUT2D eigenvalue weighted by Crippen LogP contribution is -2.08. The molecule has 0 saturated carbocycles. The Hall–Kier alpha value is -2.76. The van der Waals surface area contributed by atoms with Crippen LogP contribution in [0.1, 0.15) is 0 Å². The van der Waals surface area contributed by atoms with Gasteiger partial charge in [0.05, 0.1) is 16.4 Å². The molecule has 6 nitrogen and oxygen atoms in total. The summed E-state index contributed by atoms with van der Waals surface area (Å²) in [5, 5.41) is 17.4. The minimum Gasteiger partial charge on any atom is -0.337 e. The smallest absolute Gasteiger partial charge is 0.208 e. The molecule has 2 aromatic rings. The van der Waals surface area contributed by atoms with E-state index in [0.29, 0.717) is 11.4 Å². The zero-order valence-corrected chi connectivity index (χ0v) is 9.38. The van der Waals surface area contributed by atoms with Crippen molar-refractivity contribution in [3.8, 4) is 0 Å². The van der Waals surface area contributed by atoms with Gasteiger partial charge in [-0.2, -0.15) is 0 Å². The standard InChI is InChI=1S/C12H10N4O2/c17-16(18)14-13-15(11-7-3-1-4-8-11)12-9-5-2-6-10-12/h1-10H. The van der Waals surface area contributed by atoms with Gasteiger partial charge < -0.3 is 10.1 Å². The molecule has 0 saturated heterocycles. The van der Waals surface area contributed by atoms with E-state index in [9.17, 15) is 10.1 Å². The van der Waals surface area contributed by atoms with Gasteiger partial charge in [-0.15, -0.1) is 5.01 Å². The average Bonchev–Trinajstić information content (AvgIpc) is 2.41. The molecule has 0 amide bonds. The fraction of sp³-hybridized carbons (Fsp3) is 0. The highest BCUT2D eigenvalue weighted by atomic mass is 16.7. The first-order valence-electron chi connectivity index (χ1n) is 5.23. The van der Waals surface area contributed by atoms with Crippen molar-refractivity contribution in [1.82, 2.24) is 0 Å². The van der Waals surface area contributed by atoms with Crippen LogP contribution >= 0.6 is 0 Å². The Morgan fingerprint density at radius 2 is 1.33 bits per heavy atom. The van der Waals surface area contributed by atoms with Crippen LogP contribution in [-0.4, -0.2) is 5.03 Å². The van der Waals surface area contributed by atoms with Crippen molar-refractivity contribution >= 4 is 11.4 Å². The minimum atomic E-state index is -0.834. The van der Waals surface area contributed by atoms with Crippen molar-refractivity contribution in [2.45, 2.75) is 0 Å². The third-order valence-corrected chi connectivity index (χ3v) is 2.20. The zero-order valence-electron chi connectivity index (χ0n) is 9.38. The zero-order chi connectivity index (χ0) is 12.8. The summed E-state index contributed by atoms with van der Waals surface area (Å²) in [5.41, 5.74) is 1.41. The molecule has 0 bridgehead atoms. The van der Waals surface area contributed by atoms with Crippen LogP contribution in [0.4, 0.5) is 11.4 Å². The molecular formula is C12H10N4O2. The van der Waals surface area contributed by atoms with Gasteiger partial charge in [-0.1, -0.05) is 36.4 Å². The van der Waals surface area contributed by atoms with Gasteiger partial charge in [-0.3, -0.25) is 0 Å². The van der Waals surface area contributed by atoms with Crippen LogP contribution in [0.5, 0.6) is 0 Å². The number of benzene rings is 2. The summed E-state index contributed by atoms with van der Waals surface area (Å²) in [7, 11) is 0. The normalized spacial score (nSPS) is 10.4. The lowest BCUT2D eigenvalue weighted by atomic mass is 10.2. The third kappa shape index (κ3) is 2.88. The van der Waals surface area contributed by atoms with Crippen molar-refractivity contribution in [3.05, 3.63) is 70.8 Å². The van der Waals surface area contributed by atoms with Crippen molar-refractivity contribution in [3.63, 3.8) is 0 Å². The van der Waals surface area contributed by atoms with E-state index in [0.717, 1.165) is 0 Å². The van der Waals surface area contributed by atoms with Crippen LogP contribution in [0.3, 0.4) is 0 Å². The van der Waals surface area contributed by atoms with E-state index in [2.05, 4.69) is 10.4 Å². The minimum absolute atomic E-state index is 0.703. The maximum atomic E-state index is 10.3. The van der Waals surface area contributed by atoms with E-state index >= 15 is 0 Å². The summed E-state index contributed by atoms with van der Waals surface area (Å²) >= 11 is 0. The van der Waals surface area contributed by atoms with Crippen molar-refractivity contribution in [2.24, 2.45) is 10.4 Å². The Kier molecular flexibility index (Phi) is 3.60. The number of nitro groups is 1. The largest absolute Gasteiger partial charge is 0.337 e. The van der Waals surface area contributed by atoms with E-state index in [1.165, 1.54) is 5.01 Å². The van der Waals surface area contributed by atoms with Crippen LogP contribution in [0.25, 0.3) is 0 Å². The predicted molar refractivity (Wildman–Crippen MR) is 66.9 cm³/mol. The molecule has 90 valence electrons.